The number of aryl methyl sites for hydroxylation is 1. The van der Waals surface area contributed by atoms with E-state index < -0.39 is 6.09 Å². The van der Waals surface area contributed by atoms with Crippen LogP contribution in [0.4, 0.5) is 4.79 Å². The maximum absolute atomic E-state index is 11.2. The molecule has 0 atom stereocenters. The number of amides is 1. The van der Waals surface area contributed by atoms with E-state index in [1.54, 1.807) is 7.11 Å². The molecule has 1 aliphatic rings. The summed E-state index contributed by atoms with van der Waals surface area (Å²) >= 11 is 0. The number of carbonyl (C=O) groups is 1. The summed E-state index contributed by atoms with van der Waals surface area (Å²) in [7, 11) is 1.66. The molecule has 2 aromatic heterocycles. The molecule has 0 radical (unpaired) electrons. The van der Waals surface area contributed by atoms with Crippen molar-refractivity contribution in [3.05, 3.63) is 53.3 Å². The molecule has 1 amide bonds. The Morgan fingerprint density at radius 1 is 1.25 bits per heavy atom. The smallest absolute Gasteiger partial charge is 0.407 e. The van der Waals surface area contributed by atoms with Gasteiger partial charge in [0.05, 0.1) is 19.9 Å². The van der Waals surface area contributed by atoms with Gasteiger partial charge < -0.3 is 14.7 Å². The van der Waals surface area contributed by atoms with Crippen molar-refractivity contribution in [3.8, 4) is 5.75 Å². The molecule has 1 N–H and O–H groups in total. The molecule has 1 saturated heterocycles. The van der Waals surface area contributed by atoms with Crippen LogP contribution in [-0.4, -0.2) is 51.1 Å². The van der Waals surface area contributed by atoms with E-state index in [4.69, 9.17) is 14.8 Å². The number of methoxy groups -OCH3 is 1. The van der Waals surface area contributed by atoms with E-state index in [2.05, 4.69) is 18.1 Å². The highest BCUT2D eigenvalue weighted by Gasteiger charge is 2.26. The number of piperidine rings is 1. The quantitative estimate of drug-likeness (QED) is 0.747. The van der Waals surface area contributed by atoms with Crippen LogP contribution >= 0.6 is 0 Å². The molecule has 0 unspecified atom stereocenters. The molecule has 1 aliphatic heterocycles. The number of hydrogen-bond donors (Lipinski definition) is 1. The summed E-state index contributed by atoms with van der Waals surface area (Å²) in [6, 6.07) is 10.1. The third-order valence-corrected chi connectivity index (χ3v) is 5.48. The normalized spacial score (nSPS) is 15.1. The molecule has 146 valence electrons. The Kier molecular flexibility index (Phi) is 4.90. The minimum atomic E-state index is -0.837. The Morgan fingerprint density at radius 3 is 2.61 bits per heavy atom. The summed E-state index contributed by atoms with van der Waals surface area (Å²) < 4.78 is 7.14. The molecule has 7 nitrogen and oxygen atoms in total. The maximum atomic E-state index is 11.2. The maximum Gasteiger partial charge on any atom is 0.407 e. The van der Waals surface area contributed by atoms with Crippen molar-refractivity contribution in [2.45, 2.75) is 32.2 Å². The number of likely N-dealkylation sites (tertiary alicyclic amines) is 1. The van der Waals surface area contributed by atoms with Gasteiger partial charge in [-0.2, -0.15) is 5.10 Å². The van der Waals surface area contributed by atoms with E-state index in [1.807, 2.05) is 35.1 Å². The number of hydrogen-bond acceptors (Lipinski definition) is 4. The first kappa shape index (κ1) is 18.3. The second-order valence-electron chi connectivity index (χ2n) is 7.30. The number of rotatable bonds is 4. The van der Waals surface area contributed by atoms with Gasteiger partial charge in [-0.3, -0.25) is 0 Å². The molecule has 0 saturated carbocycles. The lowest BCUT2D eigenvalue weighted by molar-refractivity contribution is 0.131. The van der Waals surface area contributed by atoms with Crippen LogP contribution in [0.25, 0.3) is 11.0 Å². The average molecular weight is 380 g/mol. The van der Waals surface area contributed by atoms with Gasteiger partial charge in [0, 0.05) is 30.1 Å². The van der Waals surface area contributed by atoms with Crippen molar-refractivity contribution in [2.24, 2.45) is 0 Å². The first-order valence-corrected chi connectivity index (χ1v) is 9.49. The van der Waals surface area contributed by atoms with Crippen molar-refractivity contribution in [3.63, 3.8) is 0 Å². The number of aromatic nitrogens is 3. The molecular weight excluding hydrogens is 356 g/mol. The van der Waals surface area contributed by atoms with Gasteiger partial charge in [0.25, 0.3) is 0 Å². The Morgan fingerprint density at radius 2 is 1.96 bits per heavy atom. The van der Waals surface area contributed by atoms with Crippen LogP contribution in [0.1, 0.15) is 35.6 Å². The van der Waals surface area contributed by atoms with Crippen molar-refractivity contribution in [2.75, 3.05) is 20.2 Å². The third kappa shape index (κ3) is 3.52. The summed E-state index contributed by atoms with van der Waals surface area (Å²) in [4.78, 5) is 17.6. The van der Waals surface area contributed by atoms with Crippen LogP contribution in [0.15, 0.2) is 36.5 Å². The Labute approximate surface area is 163 Å². The van der Waals surface area contributed by atoms with Crippen LogP contribution in [0.2, 0.25) is 0 Å². The van der Waals surface area contributed by atoms with Crippen LogP contribution in [-0.2, 0) is 6.54 Å². The van der Waals surface area contributed by atoms with Gasteiger partial charge in [0.2, 0.25) is 0 Å². The molecule has 0 bridgehead atoms. The van der Waals surface area contributed by atoms with Crippen LogP contribution in [0.5, 0.6) is 5.75 Å². The van der Waals surface area contributed by atoms with Crippen LogP contribution in [0, 0.1) is 6.92 Å². The number of ether oxygens (including phenoxy) is 1. The van der Waals surface area contributed by atoms with E-state index in [9.17, 15) is 4.79 Å². The number of benzene rings is 1. The van der Waals surface area contributed by atoms with Crippen molar-refractivity contribution in [1.82, 2.24) is 19.7 Å². The molecule has 3 heterocycles. The molecule has 3 aromatic rings. The van der Waals surface area contributed by atoms with E-state index in [1.165, 1.54) is 4.90 Å². The van der Waals surface area contributed by atoms with E-state index in [0.29, 0.717) is 19.6 Å². The molecule has 0 aliphatic carbocycles. The first-order chi connectivity index (χ1) is 13.5. The molecule has 0 spiro atoms. The summed E-state index contributed by atoms with van der Waals surface area (Å²) in [6.07, 6.45) is 2.63. The van der Waals surface area contributed by atoms with Gasteiger partial charge in [-0.15, -0.1) is 0 Å². The van der Waals surface area contributed by atoms with E-state index >= 15 is 0 Å². The van der Waals surface area contributed by atoms with Gasteiger partial charge in [0.1, 0.15) is 5.75 Å². The largest absolute Gasteiger partial charge is 0.497 e. The zero-order chi connectivity index (χ0) is 19.7. The summed E-state index contributed by atoms with van der Waals surface area (Å²) in [5.74, 6) is 1.11. The average Bonchev–Trinajstić information content (AvgIpc) is 3.09. The van der Waals surface area contributed by atoms with Gasteiger partial charge in [0.15, 0.2) is 5.65 Å². The number of fused-ring (bicyclic) bond motifs is 1. The topological polar surface area (TPSA) is 80.5 Å². The van der Waals surface area contributed by atoms with Crippen molar-refractivity contribution in [1.29, 1.82) is 0 Å². The predicted octanol–water partition coefficient (Wildman–Crippen LogP) is 3.65. The molecule has 1 aromatic carbocycles. The Bertz CT molecular complexity index is 989. The fourth-order valence-electron chi connectivity index (χ4n) is 3.90. The standard InChI is InChI=1S/C21H24N4O3/c1-14-11-17-12-22-25(13-15-3-5-18(28-2)6-4-15)20(17)23-19(14)16-7-9-24(10-8-16)21(26)27/h3-6,11-12,16H,7-10,13H2,1-2H3,(H,26,27). The van der Waals surface area contributed by atoms with Gasteiger partial charge >= 0.3 is 6.09 Å². The van der Waals surface area contributed by atoms with Crippen LogP contribution in [0.3, 0.4) is 0 Å². The summed E-state index contributed by atoms with van der Waals surface area (Å²) in [5.41, 5.74) is 4.21. The highest BCUT2D eigenvalue weighted by Crippen LogP contribution is 2.31. The van der Waals surface area contributed by atoms with E-state index in [-0.39, 0.29) is 5.92 Å². The zero-order valence-electron chi connectivity index (χ0n) is 16.1. The third-order valence-electron chi connectivity index (χ3n) is 5.48. The second kappa shape index (κ2) is 7.50. The second-order valence-corrected chi connectivity index (χ2v) is 7.30. The van der Waals surface area contributed by atoms with Crippen molar-refractivity contribution < 1.29 is 14.6 Å². The Balaban J connectivity index is 1.60. The summed E-state index contributed by atoms with van der Waals surface area (Å²) in [5, 5.41) is 14.7. The van der Waals surface area contributed by atoms with Gasteiger partial charge in [-0.1, -0.05) is 12.1 Å². The summed E-state index contributed by atoms with van der Waals surface area (Å²) in [6.45, 7) is 3.83. The highest BCUT2D eigenvalue weighted by molar-refractivity contribution is 5.76. The van der Waals surface area contributed by atoms with E-state index in [0.717, 1.165) is 46.4 Å². The lowest BCUT2D eigenvalue weighted by Crippen LogP contribution is -2.37. The molecule has 1 fully saturated rings. The number of carboxylic acid groups (broad SMARTS) is 1. The number of pyridine rings is 1. The fourth-order valence-corrected chi connectivity index (χ4v) is 3.90. The molecule has 4 rings (SSSR count). The Hall–Kier alpha value is -3.09. The minimum absolute atomic E-state index is 0.282. The molecular formula is C21H24N4O3. The van der Waals surface area contributed by atoms with Crippen molar-refractivity contribution >= 4 is 17.1 Å². The molecule has 7 heteroatoms. The van der Waals surface area contributed by atoms with Gasteiger partial charge in [-0.05, 0) is 49.1 Å². The molecule has 28 heavy (non-hydrogen) atoms. The lowest BCUT2D eigenvalue weighted by Gasteiger charge is -2.30. The minimum Gasteiger partial charge on any atom is -0.497 e. The monoisotopic (exact) mass is 380 g/mol. The SMILES string of the molecule is COc1ccc(Cn2ncc3cc(C)c(C4CCN(C(=O)O)CC4)nc32)cc1. The fraction of sp³-hybridized carbons (Fsp3) is 0.381. The predicted molar refractivity (Wildman–Crippen MR) is 106 cm³/mol. The van der Waals surface area contributed by atoms with Crippen LogP contribution < -0.4 is 4.74 Å². The highest BCUT2D eigenvalue weighted by atomic mass is 16.5. The lowest BCUT2D eigenvalue weighted by atomic mass is 9.90. The van der Waals surface area contributed by atoms with Gasteiger partial charge in [-0.25, -0.2) is 14.5 Å². The zero-order valence-corrected chi connectivity index (χ0v) is 16.1. The number of nitrogens with zero attached hydrogens (tertiary/aromatic N) is 4. The first-order valence-electron chi connectivity index (χ1n) is 9.49.